The number of fused-ring (bicyclic) bond motifs is 1. The van der Waals surface area contributed by atoms with Gasteiger partial charge in [0.1, 0.15) is 23.2 Å². The number of aryl methyl sites for hydroxylation is 1. The molecular weight excluding hydrogens is 468 g/mol. The first-order chi connectivity index (χ1) is 16.8. The highest BCUT2D eigenvalue weighted by atomic mass is 35.5. The lowest BCUT2D eigenvalue weighted by Gasteiger charge is -2.23. The third kappa shape index (κ3) is 3.63. The fraction of sp³-hybridized carbons (Fsp3) is 0.115. The predicted molar refractivity (Wildman–Crippen MR) is 128 cm³/mol. The van der Waals surface area contributed by atoms with Gasteiger partial charge in [-0.05, 0) is 55.8 Å². The van der Waals surface area contributed by atoms with E-state index in [0.29, 0.717) is 39.4 Å². The normalized spacial score (nSPS) is 14.9. The molecule has 3 N–H and O–H groups in total. The van der Waals surface area contributed by atoms with E-state index >= 15 is 0 Å². The maximum atomic E-state index is 11.5. The fourth-order valence-corrected chi connectivity index (χ4v) is 4.45. The van der Waals surface area contributed by atoms with Crippen LogP contribution in [0.1, 0.15) is 38.9 Å². The standard InChI is InChI=1S/C26H19ClN4O4/c1-13-17(7-4-8-19(13)27)20-9-10-21(34-20)23-18(12-28)24(29)35-25-22(23)14(2)30-31(25)16-6-3-5-15(11-16)26(32)33/h3-11,23H,29H2,1-2H3,(H,32,33). The molecule has 8 nitrogen and oxygen atoms in total. The van der Waals surface area contributed by atoms with Crippen molar-refractivity contribution in [2.45, 2.75) is 19.8 Å². The van der Waals surface area contributed by atoms with Crippen molar-refractivity contribution in [2.24, 2.45) is 5.73 Å². The topological polar surface area (TPSA) is 127 Å². The zero-order chi connectivity index (χ0) is 24.9. The number of ether oxygens (including phenoxy) is 1. The van der Waals surface area contributed by atoms with Gasteiger partial charge in [-0.2, -0.15) is 10.4 Å². The second-order valence-electron chi connectivity index (χ2n) is 8.11. The average molecular weight is 487 g/mol. The average Bonchev–Trinajstić information content (AvgIpc) is 3.45. The van der Waals surface area contributed by atoms with Crippen molar-refractivity contribution in [3.63, 3.8) is 0 Å². The second-order valence-corrected chi connectivity index (χ2v) is 8.52. The number of allylic oxidation sites excluding steroid dienone is 1. The maximum Gasteiger partial charge on any atom is 0.335 e. The van der Waals surface area contributed by atoms with Crippen LogP contribution in [-0.2, 0) is 0 Å². The summed E-state index contributed by atoms with van der Waals surface area (Å²) >= 11 is 6.29. The van der Waals surface area contributed by atoms with E-state index in [1.54, 1.807) is 25.1 Å². The van der Waals surface area contributed by atoms with Gasteiger partial charge in [0.05, 0.1) is 28.4 Å². The molecule has 1 aliphatic rings. The molecule has 0 bridgehead atoms. The molecule has 3 heterocycles. The third-order valence-electron chi connectivity index (χ3n) is 6.01. The van der Waals surface area contributed by atoms with Gasteiger partial charge in [0.15, 0.2) is 0 Å². The molecule has 1 atom stereocenters. The zero-order valence-electron chi connectivity index (χ0n) is 18.7. The van der Waals surface area contributed by atoms with Crippen molar-refractivity contribution in [3.8, 4) is 29.0 Å². The molecule has 0 aliphatic carbocycles. The van der Waals surface area contributed by atoms with Crippen molar-refractivity contribution in [1.82, 2.24) is 9.78 Å². The number of hydrogen-bond acceptors (Lipinski definition) is 6. The molecule has 5 rings (SSSR count). The van der Waals surface area contributed by atoms with Gasteiger partial charge in [0.2, 0.25) is 11.8 Å². The lowest BCUT2D eigenvalue weighted by Crippen LogP contribution is -2.21. The summed E-state index contributed by atoms with van der Waals surface area (Å²) in [7, 11) is 0. The number of aromatic nitrogens is 2. The highest BCUT2D eigenvalue weighted by Crippen LogP contribution is 2.46. The molecule has 0 saturated heterocycles. The van der Waals surface area contributed by atoms with Gasteiger partial charge in [0.25, 0.3) is 0 Å². The van der Waals surface area contributed by atoms with Gasteiger partial charge in [-0.25, -0.2) is 9.48 Å². The Morgan fingerprint density at radius 3 is 2.71 bits per heavy atom. The van der Waals surface area contributed by atoms with Crippen molar-refractivity contribution < 1.29 is 19.1 Å². The molecule has 35 heavy (non-hydrogen) atoms. The number of nitrogens with zero attached hydrogens (tertiary/aromatic N) is 3. The Kier molecular flexibility index (Phi) is 5.35. The number of halogens is 1. The minimum absolute atomic E-state index is 0.0718. The Labute approximate surface area is 205 Å². The number of carboxylic acid groups (broad SMARTS) is 1. The predicted octanol–water partition coefficient (Wildman–Crippen LogP) is 5.32. The summed E-state index contributed by atoms with van der Waals surface area (Å²) in [6.07, 6.45) is 0. The molecule has 2 aromatic heterocycles. The minimum atomic E-state index is -1.06. The molecule has 0 fully saturated rings. The van der Waals surface area contributed by atoms with Gasteiger partial charge < -0.3 is 20.0 Å². The monoisotopic (exact) mass is 486 g/mol. The van der Waals surface area contributed by atoms with Gasteiger partial charge >= 0.3 is 5.97 Å². The van der Waals surface area contributed by atoms with Crippen LogP contribution in [0.25, 0.3) is 17.0 Å². The largest absolute Gasteiger partial charge is 0.478 e. The van der Waals surface area contributed by atoms with Crippen LogP contribution in [0.2, 0.25) is 5.02 Å². The van der Waals surface area contributed by atoms with Crippen molar-refractivity contribution in [1.29, 1.82) is 5.26 Å². The summed E-state index contributed by atoms with van der Waals surface area (Å²) in [5.41, 5.74) is 9.86. The van der Waals surface area contributed by atoms with Gasteiger partial charge in [-0.3, -0.25) is 0 Å². The number of carboxylic acids is 1. The van der Waals surface area contributed by atoms with Crippen molar-refractivity contribution in [3.05, 3.63) is 99.2 Å². The van der Waals surface area contributed by atoms with Crippen LogP contribution in [-0.4, -0.2) is 20.9 Å². The molecule has 174 valence electrons. The number of hydrogen-bond donors (Lipinski definition) is 2. The van der Waals surface area contributed by atoms with E-state index < -0.39 is 11.9 Å². The molecule has 0 spiro atoms. The first-order valence-electron chi connectivity index (χ1n) is 10.7. The Morgan fingerprint density at radius 2 is 1.97 bits per heavy atom. The van der Waals surface area contributed by atoms with Crippen LogP contribution in [0.4, 0.5) is 0 Å². The number of aromatic carboxylic acids is 1. The lowest BCUT2D eigenvalue weighted by molar-refractivity contribution is 0.0697. The molecular formula is C26H19ClN4O4. The highest BCUT2D eigenvalue weighted by molar-refractivity contribution is 6.31. The third-order valence-corrected chi connectivity index (χ3v) is 6.42. The first-order valence-corrected chi connectivity index (χ1v) is 11.0. The first kappa shape index (κ1) is 22.3. The van der Waals surface area contributed by atoms with Crippen LogP contribution >= 0.6 is 11.6 Å². The second kappa shape index (κ2) is 8.38. The van der Waals surface area contributed by atoms with E-state index in [0.717, 1.165) is 11.1 Å². The summed E-state index contributed by atoms with van der Waals surface area (Å²) < 4.78 is 13.6. The Morgan fingerprint density at radius 1 is 1.20 bits per heavy atom. The number of carbonyl (C=O) groups is 1. The van der Waals surface area contributed by atoms with E-state index in [4.69, 9.17) is 26.5 Å². The number of nitriles is 1. The minimum Gasteiger partial charge on any atom is -0.478 e. The van der Waals surface area contributed by atoms with Gasteiger partial charge in [-0.15, -0.1) is 0 Å². The number of nitrogens with two attached hydrogens (primary N) is 1. The van der Waals surface area contributed by atoms with E-state index in [1.807, 2.05) is 31.2 Å². The van der Waals surface area contributed by atoms with E-state index in [2.05, 4.69) is 11.2 Å². The maximum absolute atomic E-state index is 11.5. The van der Waals surface area contributed by atoms with Crippen molar-refractivity contribution >= 4 is 17.6 Å². The van der Waals surface area contributed by atoms with Gasteiger partial charge in [0, 0.05) is 10.6 Å². The smallest absolute Gasteiger partial charge is 0.335 e. The van der Waals surface area contributed by atoms with Crippen molar-refractivity contribution in [2.75, 3.05) is 0 Å². The van der Waals surface area contributed by atoms with Crippen LogP contribution in [0.3, 0.4) is 0 Å². The molecule has 1 aliphatic heterocycles. The van der Waals surface area contributed by atoms with Crippen LogP contribution in [0, 0.1) is 25.2 Å². The number of rotatable bonds is 4. The number of furan rings is 1. The van der Waals surface area contributed by atoms with Crippen LogP contribution < -0.4 is 10.5 Å². The quantitative estimate of drug-likeness (QED) is 0.399. The van der Waals surface area contributed by atoms with Crippen LogP contribution in [0.15, 0.2) is 70.5 Å². The summed E-state index contributed by atoms with van der Waals surface area (Å²) in [5.74, 6) is -0.406. The molecule has 9 heteroatoms. The molecule has 0 amide bonds. The molecule has 0 saturated carbocycles. The summed E-state index contributed by atoms with van der Waals surface area (Å²) in [6.45, 7) is 3.69. The molecule has 1 unspecified atom stereocenters. The highest BCUT2D eigenvalue weighted by Gasteiger charge is 2.38. The summed E-state index contributed by atoms with van der Waals surface area (Å²) in [4.78, 5) is 11.5. The molecule has 0 radical (unpaired) electrons. The van der Waals surface area contributed by atoms with E-state index in [-0.39, 0.29) is 17.0 Å². The Balaban J connectivity index is 1.67. The van der Waals surface area contributed by atoms with E-state index in [1.165, 1.54) is 16.8 Å². The summed E-state index contributed by atoms with van der Waals surface area (Å²) in [6, 6.07) is 17.6. The SMILES string of the molecule is Cc1nn(-c2cccc(C(=O)O)c2)c2c1C(c1ccc(-c3cccc(Cl)c3C)o1)C(C#N)=C(N)O2. The summed E-state index contributed by atoms with van der Waals surface area (Å²) in [5, 5.41) is 24.5. The molecule has 2 aromatic carbocycles. The van der Waals surface area contributed by atoms with Gasteiger partial charge in [-0.1, -0.05) is 29.8 Å². The lowest BCUT2D eigenvalue weighted by atomic mass is 9.88. The Hall–Kier alpha value is -4.48. The zero-order valence-corrected chi connectivity index (χ0v) is 19.5. The van der Waals surface area contributed by atoms with E-state index in [9.17, 15) is 15.2 Å². The fourth-order valence-electron chi connectivity index (χ4n) is 4.27. The number of benzene rings is 2. The molecule has 4 aromatic rings. The van der Waals surface area contributed by atoms with Crippen LogP contribution in [0.5, 0.6) is 5.88 Å². The Bertz CT molecular complexity index is 1570.